The third kappa shape index (κ3) is 1.87. The number of aromatic carboxylic acids is 1. The molecule has 0 unspecified atom stereocenters. The van der Waals surface area contributed by atoms with E-state index in [-0.39, 0.29) is 22.2 Å². The van der Waals surface area contributed by atoms with E-state index >= 15 is 0 Å². The second-order valence-electron chi connectivity index (χ2n) is 3.55. The van der Waals surface area contributed by atoms with Gasteiger partial charge in [0.1, 0.15) is 11.5 Å². The van der Waals surface area contributed by atoms with Crippen molar-refractivity contribution < 1.29 is 19.1 Å². The van der Waals surface area contributed by atoms with Crippen molar-refractivity contribution in [1.29, 1.82) is 0 Å². The lowest BCUT2D eigenvalue weighted by molar-refractivity contribution is 0.0691. The van der Waals surface area contributed by atoms with Crippen LogP contribution in [-0.2, 0) is 0 Å². The third-order valence-electron chi connectivity index (χ3n) is 2.38. The van der Waals surface area contributed by atoms with Crippen LogP contribution in [0.5, 0.6) is 0 Å². The molecule has 0 radical (unpaired) electrons. The maximum atomic E-state index is 13.6. The fraction of sp³-hybridized carbons (Fsp3) is 0.0833. The van der Waals surface area contributed by atoms with Crippen LogP contribution in [0.15, 0.2) is 24.3 Å². The largest absolute Gasteiger partial charge is 0.477 e. The summed E-state index contributed by atoms with van der Waals surface area (Å²) in [4.78, 5) is 26.0. The number of hydrogen-bond donors (Lipinski definition) is 1. The topological polar surface area (TPSA) is 67.3 Å². The highest BCUT2D eigenvalue weighted by Gasteiger charge is 2.15. The molecule has 1 N–H and O–H groups in total. The fourth-order valence-corrected chi connectivity index (χ4v) is 1.63. The standard InChI is InChI=1S/C12H8FNO3/c1-6(15)7-5-10(12(16)17)14-9-4-2-3-8(13)11(7)9/h2-5H,1H3,(H,16,17). The first-order valence-corrected chi connectivity index (χ1v) is 4.84. The first kappa shape index (κ1) is 11.2. The molecule has 0 aliphatic rings. The Kier molecular flexibility index (Phi) is 2.59. The summed E-state index contributed by atoms with van der Waals surface area (Å²) in [6.07, 6.45) is 0. The molecule has 0 aliphatic carbocycles. The molecule has 1 heterocycles. The lowest BCUT2D eigenvalue weighted by Gasteiger charge is -2.05. The van der Waals surface area contributed by atoms with Crippen molar-refractivity contribution in [2.24, 2.45) is 0 Å². The molecule has 0 bridgehead atoms. The van der Waals surface area contributed by atoms with Gasteiger partial charge in [-0.25, -0.2) is 14.2 Å². The number of halogens is 1. The zero-order valence-corrected chi connectivity index (χ0v) is 8.90. The normalized spacial score (nSPS) is 10.5. The maximum absolute atomic E-state index is 13.6. The van der Waals surface area contributed by atoms with Crippen LogP contribution >= 0.6 is 0 Å². The van der Waals surface area contributed by atoms with Crippen LogP contribution in [0.4, 0.5) is 4.39 Å². The van der Waals surface area contributed by atoms with Crippen molar-refractivity contribution >= 4 is 22.7 Å². The number of rotatable bonds is 2. The van der Waals surface area contributed by atoms with Crippen molar-refractivity contribution in [3.8, 4) is 0 Å². The molecule has 17 heavy (non-hydrogen) atoms. The van der Waals surface area contributed by atoms with Gasteiger partial charge in [0, 0.05) is 10.9 Å². The highest BCUT2D eigenvalue weighted by atomic mass is 19.1. The van der Waals surface area contributed by atoms with Crippen LogP contribution in [0.25, 0.3) is 10.9 Å². The average Bonchev–Trinajstić information content (AvgIpc) is 2.27. The molecule has 0 amide bonds. The van der Waals surface area contributed by atoms with Crippen LogP contribution in [0.3, 0.4) is 0 Å². The van der Waals surface area contributed by atoms with E-state index in [1.54, 1.807) is 0 Å². The zero-order valence-electron chi connectivity index (χ0n) is 8.90. The Morgan fingerprint density at radius 3 is 2.65 bits per heavy atom. The zero-order chi connectivity index (χ0) is 12.6. The Labute approximate surface area is 95.7 Å². The molecule has 0 saturated heterocycles. The number of nitrogens with zero attached hydrogens (tertiary/aromatic N) is 1. The highest BCUT2D eigenvalue weighted by molar-refractivity contribution is 6.08. The first-order valence-electron chi connectivity index (χ1n) is 4.84. The second kappa shape index (κ2) is 3.93. The summed E-state index contributed by atoms with van der Waals surface area (Å²) in [5.74, 6) is -2.24. The molecule has 1 aromatic heterocycles. The number of carboxylic acids is 1. The van der Waals surface area contributed by atoms with E-state index in [2.05, 4.69) is 4.98 Å². The number of benzene rings is 1. The van der Waals surface area contributed by atoms with E-state index in [1.165, 1.54) is 25.1 Å². The van der Waals surface area contributed by atoms with Crippen LogP contribution in [0.1, 0.15) is 27.8 Å². The van der Waals surface area contributed by atoms with E-state index in [9.17, 15) is 14.0 Å². The molecule has 0 spiro atoms. The van der Waals surface area contributed by atoms with Crippen molar-refractivity contribution in [2.45, 2.75) is 6.92 Å². The summed E-state index contributed by atoms with van der Waals surface area (Å²) < 4.78 is 13.6. The van der Waals surface area contributed by atoms with Gasteiger partial charge >= 0.3 is 5.97 Å². The second-order valence-corrected chi connectivity index (χ2v) is 3.55. The molecule has 86 valence electrons. The number of carbonyl (C=O) groups is 2. The van der Waals surface area contributed by atoms with E-state index in [1.807, 2.05) is 0 Å². The van der Waals surface area contributed by atoms with Gasteiger partial charge in [0.25, 0.3) is 0 Å². The van der Waals surface area contributed by atoms with E-state index in [0.29, 0.717) is 0 Å². The molecule has 2 rings (SSSR count). The predicted octanol–water partition coefficient (Wildman–Crippen LogP) is 2.27. The summed E-state index contributed by atoms with van der Waals surface area (Å²) in [5.41, 5.74) is -0.0751. The number of aromatic nitrogens is 1. The van der Waals surface area contributed by atoms with Crippen molar-refractivity contribution in [2.75, 3.05) is 0 Å². The fourth-order valence-electron chi connectivity index (χ4n) is 1.63. The summed E-state index contributed by atoms with van der Waals surface area (Å²) in [7, 11) is 0. The van der Waals surface area contributed by atoms with Crippen LogP contribution in [0.2, 0.25) is 0 Å². The number of Topliss-reactive ketones (excluding diaryl/α,β-unsaturated/α-hetero) is 1. The Bertz CT molecular complexity index is 637. The number of fused-ring (bicyclic) bond motifs is 1. The molecule has 0 aliphatic heterocycles. The summed E-state index contributed by atoms with van der Waals surface area (Å²) in [6.45, 7) is 1.26. The van der Waals surface area contributed by atoms with Gasteiger partial charge in [0.2, 0.25) is 0 Å². The van der Waals surface area contributed by atoms with E-state index in [4.69, 9.17) is 5.11 Å². The summed E-state index contributed by atoms with van der Waals surface area (Å²) in [6, 6.07) is 5.19. The van der Waals surface area contributed by atoms with Crippen molar-refractivity contribution in [3.63, 3.8) is 0 Å². The van der Waals surface area contributed by atoms with Gasteiger partial charge in [-0.2, -0.15) is 0 Å². The summed E-state index contributed by atoms with van der Waals surface area (Å²) >= 11 is 0. The highest BCUT2D eigenvalue weighted by Crippen LogP contribution is 2.22. The molecule has 0 fully saturated rings. The molecule has 0 atom stereocenters. The van der Waals surface area contributed by atoms with Gasteiger partial charge < -0.3 is 5.11 Å². The predicted molar refractivity (Wildman–Crippen MR) is 58.7 cm³/mol. The number of ketones is 1. The van der Waals surface area contributed by atoms with Crippen molar-refractivity contribution in [1.82, 2.24) is 4.98 Å². The Morgan fingerprint density at radius 1 is 1.35 bits per heavy atom. The van der Waals surface area contributed by atoms with E-state index < -0.39 is 17.6 Å². The van der Waals surface area contributed by atoms with E-state index in [0.717, 1.165) is 6.07 Å². The number of pyridine rings is 1. The number of carbonyl (C=O) groups excluding carboxylic acids is 1. The minimum atomic E-state index is -1.25. The molecular weight excluding hydrogens is 225 g/mol. The monoisotopic (exact) mass is 233 g/mol. The number of hydrogen-bond acceptors (Lipinski definition) is 3. The van der Waals surface area contributed by atoms with Gasteiger partial charge in [-0.15, -0.1) is 0 Å². The van der Waals surface area contributed by atoms with Gasteiger partial charge in [0.15, 0.2) is 5.78 Å². The van der Waals surface area contributed by atoms with Gasteiger partial charge in [-0.1, -0.05) is 6.07 Å². The minimum Gasteiger partial charge on any atom is -0.477 e. The molecular formula is C12H8FNO3. The smallest absolute Gasteiger partial charge is 0.354 e. The molecule has 0 saturated carbocycles. The quantitative estimate of drug-likeness (QED) is 0.808. The lowest BCUT2D eigenvalue weighted by Crippen LogP contribution is -2.05. The molecule has 4 nitrogen and oxygen atoms in total. The minimum absolute atomic E-state index is 0.0329. The van der Waals surface area contributed by atoms with Gasteiger partial charge in [-0.3, -0.25) is 4.79 Å². The Hall–Kier alpha value is -2.30. The van der Waals surface area contributed by atoms with Crippen LogP contribution in [0, 0.1) is 5.82 Å². The number of carboxylic acid groups (broad SMARTS) is 1. The van der Waals surface area contributed by atoms with Gasteiger partial charge in [0.05, 0.1) is 5.52 Å². The van der Waals surface area contributed by atoms with Crippen molar-refractivity contribution in [3.05, 3.63) is 41.3 Å². The maximum Gasteiger partial charge on any atom is 0.354 e. The first-order chi connectivity index (χ1) is 8.00. The Balaban J connectivity index is 2.91. The average molecular weight is 233 g/mol. The molecule has 2 aromatic rings. The van der Waals surface area contributed by atoms with Gasteiger partial charge in [-0.05, 0) is 25.1 Å². The molecule has 5 heteroatoms. The Morgan fingerprint density at radius 2 is 2.06 bits per heavy atom. The van der Waals surface area contributed by atoms with Crippen LogP contribution < -0.4 is 0 Å². The lowest BCUT2D eigenvalue weighted by atomic mass is 10.0. The molecule has 1 aromatic carbocycles. The van der Waals surface area contributed by atoms with Crippen LogP contribution in [-0.4, -0.2) is 21.8 Å². The summed E-state index contributed by atoms with van der Waals surface area (Å²) in [5, 5.41) is 8.91. The SMILES string of the molecule is CC(=O)c1cc(C(=O)O)nc2cccc(F)c12. The third-order valence-corrected chi connectivity index (χ3v) is 2.38.